The van der Waals surface area contributed by atoms with Crippen LogP contribution in [0.1, 0.15) is 40.7 Å². The highest BCUT2D eigenvalue weighted by Gasteiger charge is 2.35. The maximum absolute atomic E-state index is 12.7. The first-order valence-corrected chi connectivity index (χ1v) is 10.4. The first kappa shape index (κ1) is 20.5. The summed E-state index contributed by atoms with van der Waals surface area (Å²) in [5.74, 6) is -1.68. The van der Waals surface area contributed by atoms with Gasteiger partial charge in [-0.25, -0.2) is 4.79 Å². The summed E-state index contributed by atoms with van der Waals surface area (Å²) in [7, 11) is 1.59. The maximum atomic E-state index is 12.7. The van der Waals surface area contributed by atoms with E-state index in [1.165, 1.54) is 16.2 Å². The molecule has 8 heteroatoms. The Morgan fingerprint density at radius 3 is 2.23 bits per heavy atom. The third-order valence-corrected chi connectivity index (χ3v) is 5.81. The van der Waals surface area contributed by atoms with Gasteiger partial charge in [0.15, 0.2) is 0 Å². The Bertz CT molecular complexity index is 1140. The lowest BCUT2D eigenvalue weighted by Gasteiger charge is -2.20. The molecule has 1 aromatic heterocycles. The number of ether oxygens (including phenoxy) is 1. The first-order valence-electron chi connectivity index (χ1n) is 9.52. The van der Waals surface area contributed by atoms with Crippen molar-refractivity contribution in [3.8, 4) is 0 Å². The van der Waals surface area contributed by atoms with Gasteiger partial charge in [0, 0.05) is 7.05 Å². The number of imide groups is 1. The smallest absolute Gasteiger partial charge is 0.340 e. The molecule has 0 radical (unpaired) electrons. The van der Waals surface area contributed by atoms with Gasteiger partial charge >= 0.3 is 5.97 Å². The van der Waals surface area contributed by atoms with Gasteiger partial charge in [-0.2, -0.15) is 0 Å². The molecule has 0 N–H and O–H groups in total. The van der Waals surface area contributed by atoms with E-state index in [0.29, 0.717) is 21.7 Å². The molecule has 1 aliphatic heterocycles. The Balaban J connectivity index is 1.43. The van der Waals surface area contributed by atoms with E-state index in [2.05, 4.69) is 0 Å². The number of fused-ring (bicyclic) bond motifs is 1. The highest BCUT2D eigenvalue weighted by Crippen LogP contribution is 2.24. The number of rotatable bonds is 6. The molecule has 0 saturated carbocycles. The third-order valence-electron chi connectivity index (χ3n) is 4.95. The summed E-state index contributed by atoms with van der Waals surface area (Å²) >= 11 is 1.31. The number of carbonyl (C=O) groups is 4. The summed E-state index contributed by atoms with van der Waals surface area (Å²) in [4.78, 5) is 53.2. The number of esters is 1. The number of hydrogen-bond acceptors (Lipinski definition) is 6. The van der Waals surface area contributed by atoms with Crippen LogP contribution in [-0.2, 0) is 4.74 Å². The first-order chi connectivity index (χ1) is 15.0. The van der Waals surface area contributed by atoms with E-state index in [9.17, 15) is 19.2 Å². The monoisotopic (exact) mass is 434 g/mol. The van der Waals surface area contributed by atoms with Crippen LogP contribution in [-0.4, -0.2) is 48.8 Å². The summed E-state index contributed by atoms with van der Waals surface area (Å²) < 4.78 is 5.33. The maximum Gasteiger partial charge on any atom is 0.340 e. The second-order valence-corrected chi connectivity index (χ2v) is 7.75. The van der Waals surface area contributed by atoms with Crippen LogP contribution in [0.2, 0.25) is 0 Å². The number of carbonyl (C=O) groups excluding carboxylic acids is 4. The van der Waals surface area contributed by atoms with Crippen molar-refractivity contribution in [2.75, 3.05) is 25.1 Å². The summed E-state index contributed by atoms with van der Waals surface area (Å²) in [5.41, 5.74) is 1.32. The van der Waals surface area contributed by atoms with Gasteiger partial charge in [0.05, 0.1) is 33.8 Å². The number of thiophene rings is 1. The minimum Gasteiger partial charge on any atom is -0.460 e. The summed E-state index contributed by atoms with van der Waals surface area (Å²) in [6.45, 7) is -0.203. The molecule has 0 spiro atoms. The molecule has 0 bridgehead atoms. The number of hydrogen-bond donors (Lipinski definition) is 0. The number of nitrogens with zero attached hydrogens (tertiary/aromatic N) is 2. The zero-order chi connectivity index (χ0) is 22.0. The Morgan fingerprint density at radius 2 is 1.58 bits per heavy atom. The normalized spacial score (nSPS) is 12.6. The van der Waals surface area contributed by atoms with Crippen molar-refractivity contribution >= 4 is 40.7 Å². The lowest BCUT2D eigenvalue weighted by Crippen LogP contribution is -2.33. The standard InChI is InChI=1S/C23H18N2O5S/c1-24(22(28)19-11-6-14-31-19)18-10-5-4-9-17(18)23(29)30-13-12-25-20(26)15-7-2-3-8-16(15)21(25)27/h2-11,14H,12-13H2,1H3. The molecule has 4 rings (SSSR count). The topological polar surface area (TPSA) is 84.0 Å². The van der Waals surface area contributed by atoms with E-state index in [1.807, 2.05) is 0 Å². The van der Waals surface area contributed by atoms with Crippen molar-refractivity contribution in [1.82, 2.24) is 4.90 Å². The SMILES string of the molecule is CN(C(=O)c1cccs1)c1ccccc1C(=O)OCCN1C(=O)c2ccccc2C1=O. The quantitative estimate of drug-likeness (QED) is 0.438. The van der Waals surface area contributed by atoms with E-state index in [0.717, 1.165) is 4.90 Å². The molecular weight excluding hydrogens is 416 g/mol. The zero-order valence-electron chi connectivity index (χ0n) is 16.6. The van der Waals surface area contributed by atoms with Gasteiger partial charge in [0.25, 0.3) is 17.7 Å². The average molecular weight is 434 g/mol. The van der Waals surface area contributed by atoms with Crippen LogP contribution in [0.5, 0.6) is 0 Å². The second-order valence-electron chi connectivity index (χ2n) is 6.80. The van der Waals surface area contributed by atoms with Crippen molar-refractivity contribution in [1.29, 1.82) is 0 Å². The molecule has 0 unspecified atom stereocenters. The second kappa shape index (κ2) is 8.53. The highest BCUT2D eigenvalue weighted by molar-refractivity contribution is 7.12. The highest BCUT2D eigenvalue weighted by atomic mass is 32.1. The van der Waals surface area contributed by atoms with Crippen molar-refractivity contribution in [2.45, 2.75) is 0 Å². The molecule has 156 valence electrons. The van der Waals surface area contributed by atoms with E-state index < -0.39 is 17.8 Å². The predicted molar refractivity (Wildman–Crippen MR) is 116 cm³/mol. The molecule has 3 amide bonds. The van der Waals surface area contributed by atoms with E-state index in [-0.39, 0.29) is 24.6 Å². The lowest BCUT2D eigenvalue weighted by molar-refractivity contribution is 0.0421. The molecular formula is C23H18N2O5S. The molecule has 0 atom stereocenters. The Labute approximate surface area is 182 Å². The van der Waals surface area contributed by atoms with Gasteiger partial charge in [-0.3, -0.25) is 19.3 Å². The lowest BCUT2D eigenvalue weighted by atomic mass is 10.1. The van der Waals surface area contributed by atoms with Gasteiger partial charge in [-0.15, -0.1) is 11.3 Å². The van der Waals surface area contributed by atoms with Crippen molar-refractivity contribution in [3.05, 3.63) is 87.6 Å². The van der Waals surface area contributed by atoms with Crippen LogP contribution in [0.4, 0.5) is 5.69 Å². The Kier molecular flexibility index (Phi) is 5.64. The number of benzene rings is 2. The van der Waals surface area contributed by atoms with Gasteiger partial charge in [-0.1, -0.05) is 30.3 Å². The van der Waals surface area contributed by atoms with Crippen molar-refractivity contribution in [3.63, 3.8) is 0 Å². The van der Waals surface area contributed by atoms with E-state index >= 15 is 0 Å². The largest absolute Gasteiger partial charge is 0.460 e. The molecule has 2 aromatic carbocycles. The fourth-order valence-electron chi connectivity index (χ4n) is 3.36. The molecule has 1 aliphatic rings. The Hall–Kier alpha value is -3.78. The van der Waals surface area contributed by atoms with E-state index in [1.54, 1.807) is 73.1 Å². The van der Waals surface area contributed by atoms with E-state index in [4.69, 9.17) is 4.74 Å². The van der Waals surface area contributed by atoms with Crippen LogP contribution in [0, 0.1) is 0 Å². The summed E-state index contributed by atoms with van der Waals surface area (Å²) in [6.07, 6.45) is 0. The minimum absolute atomic E-state index is 0.0514. The third kappa shape index (κ3) is 3.85. The fourth-order valence-corrected chi connectivity index (χ4v) is 4.06. The molecule has 0 fully saturated rings. The average Bonchev–Trinajstić information content (AvgIpc) is 3.42. The molecule has 3 aromatic rings. The molecule has 2 heterocycles. The van der Waals surface area contributed by atoms with Gasteiger partial charge in [0.1, 0.15) is 6.61 Å². The van der Waals surface area contributed by atoms with Crippen molar-refractivity contribution < 1.29 is 23.9 Å². The van der Waals surface area contributed by atoms with Gasteiger partial charge < -0.3 is 9.64 Å². The van der Waals surface area contributed by atoms with Crippen molar-refractivity contribution in [2.24, 2.45) is 0 Å². The minimum atomic E-state index is -0.641. The van der Waals surface area contributed by atoms with Gasteiger partial charge in [0.2, 0.25) is 0 Å². The summed E-state index contributed by atoms with van der Waals surface area (Å²) in [6, 6.07) is 16.7. The van der Waals surface area contributed by atoms with Crippen LogP contribution in [0.25, 0.3) is 0 Å². The predicted octanol–water partition coefficient (Wildman–Crippen LogP) is 3.48. The number of amides is 3. The summed E-state index contributed by atoms with van der Waals surface area (Å²) in [5, 5.41) is 1.81. The Morgan fingerprint density at radius 1 is 0.935 bits per heavy atom. The van der Waals surface area contributed by atoms with Crippen LogP contribution < -0.4 is 4.90 Å². The molecule has 7 nitrogen and oxygen atoms in total. The van der Waals surface area contributed by atoms with Gasteiger partial charge in [-0.05, 0) is 35.7 Å². The number of para-hydroxylation sites is 1. The molecule has 31 heavy (non-hydrogen) atoms. The fraction of sp³-hybridized carbons (Fsp3) is 0.130. The molecule has 0 saturated heterocycles. The van der Waals surface area contributed by atoms with Crippen LogP contribution in [0.3, 0.4) is 0 Å². The zero-order valence-corrected chi connectivity index (χ0v) is 17.4. The van der Waals surface area contributed by atoms with Crippen LogP contribution in [0.15, 0.2) is 66.0 Å². The van der Waals surface area contributed by atoms with Crippen LogP contribution >= 0.6 is 11.3 Å². The molecule has 0 aliphatic carbocycles. The number of anilines is 1.